The van der Waals surface area contributed by atoms with Crippen LogP contribution < -0.4 is 0 Å². The summed E-state index contributed by atoms with van der Waals surface area (Å²) in [5.74, 6) is 0.198. The molecular formula is C9H13N. The summed E-state index contributed by atoms with van der Waals surface area (Å²) in [5, 5.41) is 0. The zero-order valence-electron chi connectivity index (χ0n) is 9.26. The van der Waals surface area contributed by atoms with Crippen LogP contribution in [-0.4, -0.2) is 4.98 Å². The van der Waals surface area contributed by atoms with Gasteiger partial charge >= 0.3 is 0 Å². The number of aryl methyl sites for hydroxylation is 1. The van der Waals surface area contributed by atoms with Gasteiger partial charge < -0.3 is 0 Å². The van der Waals surface area contributed by atoms with Crippen LogP contribution in [0.4, 0.5) is 0 Å². The summed E-state index contributed by atoms with van der Waals surface area (Å²) in [7, 11) is 0. The fraction of sp³-hybridized carbons (Fsp3) is 0.444. The van der Waals surface area contributed by atoms with Crippen molar-refractivity contribution in [2.24, 2.45) is 0 Å². The summed E-state index contributed by atoms with van der Waals surface area (Å²) in [4.78, 5) is 3.91. The third-order valence-electron chi connectivity index (χ3n) is 1.46. The van der Waals surface area contributed by atoms with Gasteiger partial charge in [0.15, 0.2) is 0 Å². The lowest BCUT2D eigenvalue weighted by Crippen LogP contribution is -1.92. The van der Waals surface area contributed by atoms with Crippen molar-refractivity contribution in [1.29, 1.82) is 0 Å². The summed E-state index contributed by atoms with van der Waals surface area (Å²) in [6, 6.07) is 3.59. The minimum atomic E-state index is -2.10. The van der Waals surface area contributed by atoms with Crippen LogP contribution in [0, 0.1) is 6.85 Å². The van der Waals surface area contributed by atoms with Crippen LogP contribution in [-0.2, 0) is 0 Å². The minimum Gasteiger partial charge on any atom is -0.261 e. The summed E-state index contributed by atoms with van der Waals surface area (Å²) in [5.41, 5.74) is 1.03. The molecule has 0 amide bonds. The van der Waals surface area contributed by atoms with E-state index in [0.717, 1.165) is 5.56 Å². The highest BCUT2D eigenvalue weighted by Gasteiger charge is 2.00. The highest BCUT2D eigenvalue weighted by molar-refractivity contribution is 5.21. The molecular weight excluding hydrogens is 122 g/mol. The van der Waals surface area contributed by atoms with E-state index >= 15 is 0 Å². The molecule has 0 saturated carbocycles. The van der Waals surface area contributed by atoms with Crippen molar-refractivity contribution in [2.45, 2.75) is 26.6 Å². The predicted molar refractivity (Wildman–Crippen MR) is 43.1 cm³/mol. The molecule has 1 heteroatoms. The Labute approximate surface area is 66.3 Å². The lowest BCUT2D eigenvalue weighted by atomic mass is 10.0. The van der Waals surface area contributed by atoms with Crippen molar-refractivity contribution in [3.05, 3.63) is 29.6 Å². The fourth-order valence-electron chi connectivity index (χ4n) is 0.884. The first-order valence-corrected chi connectivity index (χ1v) is 3.38. The Morgan fingerprint density at radius 1 is 1.60 bits per heavy atom. The van der Waals surface area contributed by atoms with Crippen molar-refractivity contribution in [3.8, 4) is 0 Å². The molecule has 0 aliphatic carbocycles. The summed E-state index contributed by atoms with van der Waals surface area (Å²) < 4.78 is 21.8. The van der Waals surface area contributed by atoms with E-state index in [-0.39, 0.29) is 11.6 Å². The van der Waals surface area contributed by atoms with E-state index in [2.05, 4.69) is 4.98 Å². The van der Waals surface area contributed by atoms with Gasteiger partial charge in [0.25, 0.3) is 0 Å². The predicted octanol–water partition coefficient (Wildman–Crippen LogP) is 2.51. The van der Waals surface area contributed by atoms with Crippen LogP contribution in [0.25, 0.3) is 0 Å². The van der Waals surface area contributed by atoms with Crippen molar-refractivity contribution < 1.29 is 4.11 Å². The second-order valence-corrected chi connectivity index (χ2v) is 2.60. The monoisotopic (exact) mass is 138 g/mol. The van der Waals surface area contributed by atoms with E-state index in [9.17, 15) is 0 Å². The lowest BCUT2D eigenvalue weighted by molar-refractivity contribution is 0.843. The molecule has 1 rings (SSSR count). The lowest BCUT2D eigenvalue weighted by Gasteiger charge is -2.06. The zero-order chi connectivity index (χ0) is 10.1. The first-order chi connectivity index (χ1) is 5.93. The number of hydrogen-bond donors (Lipinski definition) is 0. The van der Waals surface area contributed by atoms with Gasteiger partial charge in [-0.2, -0.15) is 0 Å². The van der Waals surface area contributed by atoms with E-state index in [1.807, 2.05) is 19.9 Å². The number of aromatic nitrogens is 1. The van der Waals surface area contributed by atoms with Crippen LogP contribution in [0.5, 0.6) is 0 Å². The third-order valence-corrected chi connectivity index (χ3v) is 1.46. The van der Waals surface area contributed by atoms with Gasteiger partial charge in [-0.05, 0) is 24.4 Å². The van der Waals surface area contributed by atoms with Crippen molar-refractivity contribution in [2.75, 3.05) is 0 Å². The highest BCUT2D eigenvalue weighted by Crippen LogP contribution is 2.15. The van der Waals surface area contributed by atoms with Gasteiger partial charge in [0, 0.05) is 16.0 Å². The van der Waals surface area contributed by atoms with Gasteiger partial charge in [-0.1, -0.05) is 19.9 Å². The standard InChI is InChI=1S/C9H13N/c1-7(2)9-5-4-6-10-8(9)3/h4-7H,1-3H3/i3D3. The average Bonchev–Trinajstić information content (AvgIpc) is 2.03. The Balaban J connectivity index is 3.20. The molecule has 0 bridgehead atoms. The summed E-state index contributed by atoms with van der Waals surface area (Å²) >= 11 is 0. The molecule has 1 heterocycles. The topological polar surface area (TPSA) is 12.9 Å². The van der Waals surface area contributed by atoms with Crippen molar-refractivity contribution in [3.63, 3.8) is 0 Å². The number of rotatable bonds is 1. The SMILES string of the molecule is [2H]C([2H])([2H])c1ncccc1C(C)C. The van der Waals surface area contributed by atoms with Crippen LogP contribution in [0.1, 0.15) is 35.1 Å². The smallest absolute Gasteiger partial charge is 0.0407 e. The van der Waals surface area contributed by atoms with Gasteiger partial charge in [-0.25, -0.2) is 0 Å². The van der Waals surface area contributed by atoms with Gasteiger partial charge in [0.2, 0.25) is 0 Å². The molecule has 0 radical (unpaired) electrons. The Hall–Kier alpha value is -0.850. The van der Waals surface area contributed by atoms with Crippen LogP contribution in [0.15, 0.2) is 18.3 Å². The Kier molecular flexibility index (Phi) is 1.16. The van der Waals surface area contributed by atoms with E-state index in [1.165, 1.54) is 6.20 Å². The first-order valence-electron chi connectivity index (χ1n) is 4.88. The quantitative estimate of drug-likeness (QED) is 0.581. The van der Waals surface area contributed by atoms with Crippen molar-refractivity contribution >= 4 is 0 Å². The minimum absolute atomic E-state index is 0.198. The summed E-state index contributed by atoms with van der Waals surface area (Å²) in [6.07, 6.45) is 1.52. The molecule has 0 spiro atoms. The Morgan fingerprint density at radius 2 is 2.40 bits per heavy atom. The molecule has 0 aliphatic rings. The second kappa shape index (κ2) is 2.82. The fourth-order valence-corrected chi connectivity index (χ4v) is 0.884. The van der Waals surface area contributed by atoms with E-state index in [0.29, 0.717) is 0 Å². The van der Waals surface area contributed by atoms with E-state index in [4.69, 9.17) is 4.11 Å². The molecule has 10 heavy (non-hydrogen) atoms. The van der Waals surface area contributed by atoms with Gasteiger partial charge in [0.05, 0.1) is 0 Å². The maximum Gasteiger partial charge on any atom is 0.0407 e. The van der Waals surface area contributed by atoms with E-state index in [1.54, 1.807) is 6.07 Å². The second-order valence-electron chi connectivity index (χ2n) is 2.60. The van der Waals surface area contributed by atoms with Gasteiger partial charge in [-0.15, -0.1) is 0 Å². The van der Waals surface area contributed by atoms with E-state index < -0.39 is 6.85 Å². The van der Waals surface area contributed by atoms with Gasteiger partial charge in [0.1, 0.15) is 0 Å². The number of pyridine rings is 1. The maximum atomic E-state index is 7.28. The molecule has 0 saturated heterocycles. The number of hydrogen-bond acceptors (Lipinski definition) is 1. The Morgan fingerprint density at radius 3 is 2.90 bits per heavy atom. The normalized spacial score (nSPS) is 16.1. The zero-order valence-corrected chi connectivity index (χ0v) is 6.26. The maximum absolute atomic E-state index is 7.28. The molecule has 0 atom stereocenters. The largest absolute Gasteiger partial charge is 0.261 e. The summed E-state index contributed by atoms with van der Waals surface area (Å²) in [6.45, 7) is 1.83. The van der Waals surface area contributed by atoms with Crippen LogP contribution in [0.3, 0.4) is 0 Å². The molecule has 0 N–H and O–H groups in total. The molecule has 1 aromatic heterocycles. The molecule has 1 nitrogen and oxygen atoms in total. The van der Waals surface area contributed by atoms with Gasteiger partial charge in [-0.3, -0.25) is 4.98 Å². The van der Waals surface area contributed by atoms with Crippen LogP contribution >= 0.6 is 0 Å². The molecule has 0 fully saturated rings. The highest BCUT2D eigenvalue weighted by atomic mass is 14.7. The molecule has 0 aromatic carbocycles. The first kappa shape index (κ1) is 4.12. The van der Waals surface area contributed by atoms with Crippen LogP contribution in [0.2, 0.25) is 0 Å². The molecule has 0 unspecified atom stereocenters. The molecule has 1 aromatic rings. The average molecular weight is 138 g/mol. The van der Waals surface area contributed by atoms with Crippen molar-refractivity contribution in [1.82, 2.24) is 4.98 Å². The molecule has 54 valence electrons. The third kappa shape index (κ3) is 1.35. The molecule has 0 aliphatic heterocycles. The number of nitrogens with zero attached hydrogens (tertiary/aromatic N) is 1. The Bertz CT molecular complexity index is 291.